The third-order valence-corrected chi connectivity index (χ3v) is 4.71. The standard InChI is InChI=1S/C11H17N3O2S/c1-16-8-9(13-7-14-10(8)15)12-6-11(17-2)4-3-5-11/h7H,3-6H2,1-2H3,(H2,12,13,14,15). The molecule has 94 valence electrons. The number of rotatable bonds is 5. The summed E-state index contributed by atoms with van der Waals surface area (Å²) in [7, 11) is 1.48. The summed E-state index contributed by atoms with van der Waals surface area (Å²) in [5.41, 5.74) is -0.253. The van der Waals surface area contributed by atoms with Gasteiger partial charge in [-0.15, -0.1) is 0 Å². The maximum Gasteiger partial charge on any atom is 0.295 e. The molecule has 1 fully saturated rings. The summed E-state index contributed by atoms with van der Waals surface area (Å²) < 4.78 is 5.35. The Balaban J connectivity index is 2.08. The fraction of sp³-hybridized carbons (Fsp3) is 0.636. The molecule has 17 heavy (non-hydrogen) atoms. The number of hydrogen-bond acceptors (Lipinski definition) is 5. The van der Waals surface area contributed by atoms with E-state index < -0.39 is 0 Å². The minimum Gasteiger partial charge on any atom is -0.489 e. The highest BCUT2D eigenvalue weighted by Gasteiger charge is 2.36. The first-order chi connectivity index (χ1) is 8.21. The number of H-pyrrole nitrogens is 1. The molecule has 0 atom stereocenters. The van der Waals surface area contributed by atoms with Crippen LogP contribution in [0.3, 0.4) is 0 Å². The second-order valence-electron chi connectivity index (χ2n) is 4.21. The van der Waals surface area contributed by atoms with Crippen molar-refractivity contribution in [3.63, 3.8) is 0 Å². The maximum absolute atomic E-state index is 11.5. The van der Waals surface area contributed by atoms with E-state index in [1.807, 2.05) is 11.8 Å². The fourth-order valence-corrected chi connectivity index (χ4v) is 2.88. The Kier molecular flexibility index (Phi) is 3.61. The molecule has 0 spiro atoms. The number of thioether (sulfide) groups is 1. The summed E-state index contributed by atoms with van der Waals surface area (Å²) in [6.45, 7) is 0.820. The molecule has 0 radical (unpaired) electrons. The van der Waals surface area contributed by atoms with Gasteiger partial charge in [-0.25, -0.2) is 4.98 Å². The number of aromatic nitrogens is 2. The minimum atomic E-state index is -0.253. The molecule has 0 amide bonds. The molecule has 6 heteroatoms. The van der Waals surface area contributed by atoms with E-state index in [0.717, 1.165) is 6.54 Å². The van der Waals surface area contributed by atoms with E-state index in [4.69, 9.17) is 4.74 Å². The first-order valence-corrected chi connectivity index (χ1v) is 6.84. The van der Waals surface area contributed by atoms with Gasteiger partial charge in [0.1, 0.15) is 0 Å². The summed E-state index contributed by atoms with van der Waals surface area (Å²) in [5, 5.41) is 3.22. The van der Waals surface area contributed by atoms with Crippen molar-refractivity contribution in [2.45, 2.75) is 24.0 Å². The van der Waals surface area contributed by atoms with Crippen molar-refractivity contribution in [1.82, 2.24) is 9.97 Å². The van der Waals surface area contributed by atoms with Gasteiger partial charge < -0.3 is 15.0 Å². The highest BCUT2D eigenvalue weighted by Crippen LogP contribution is 2.42. The van der Waals surface area contributed by atoms with E-state index >= 15 is 0 Å². The zero-order valence-electron chi connectivity index (χ0n) is 10.1. The molecule has 2 rings (SSSR count). The van der Waals surface area contributed by atoms with Crippen LogP contribution in [0.2, 0.25) is 0 Å². The molecule has 1 aromatic heterocycles. The SMILES string of the molecule is COc1c(NCC2(SC)CCC2)nc[nH]c1=O. The summed E-state index contributed by atoms with van der Waals surface area (Å²) >= 11 is 1.88. The van der Waals surface area contributed by atoms with Crippen LogP contribution in [0.4, 0.5) is 5.82 Å². The zero-order valence-corrected chi connectivity index (χ0v) is 10.9. The zero-order chi connectivity index (χ0) is 12.3. The van der Waals surface area contributed by atoms with Gasteiger partial charge in [-0.1, -0.05) is 6.42 Å². The van der Waals surface area contributed by atoms with Crippen LogP contribution in [0.25, 0.3) is 0 Å². The largest absolute Gasteiger partial charge is 0.489 e. The smallest absolute Gasteiger partial charge is 0.295 e. The number of ether oxygens (including phenoxy) is 1. The van der Waals surface area contributed by atoms with Gasteiger partial charge in [0, 0.05) is 11.3 Å². The Morgan fingerprint density at radius 3 is 2.94 bits per heavy atom. The molecule has 0 unspecified atom stereocenters. The van der Waals surface area contributed by atoms with Crippen molar-refractivity contribution in [3.8, 4) is 5.75 Å². The average molecular weight is 255 g/mol. The monoisotopic (exact) mass is 255 g/mol. The Morgan fingerprint density at radius 2 is 2.41 bits per heavy atom. The van der Waals surface area contributed by atoms with Gasteiger partial charge in [0.2, 0.25) is 5.75 Å². The summed E-state index contributed by atoms with van der Waals surface area (Å²) in [5.74, 6) is 0.777. The topological polar surface area (TPSA) is 67.0 Å². The van der Waals surface area contributed by atoms with Gasteiger partial charge >= 0.3 is 0 Å². The van der Waals surface area contributed by atoms with Crippen molar-refractivity contribution >= 4 is 17.6 Å². The van der Waals surface area contributed by atoms with E-state index in [1.165, 1.54) is 32.7 Å². The highest BCUT2D eigenvalue weighted by atomic mass is 32.2. The molecule has 0 aliphatic heterocycles. The summed E-state index contributed by atoms with van der Waals surface area (Å²) in [6, 6.07) is 0. The first kappa shape index (κ1) is 12.3. The van der Waals surface area contributed by atoms with Crippen LogP contribution in [0, 0.1) is 0 Å². The van der Waals surface area contributed by atoms with Gasteiger partial charge in [0.25, 0.3) is 5.56 Å². The molecule has 2 N–H and O–H groups in total. The lowest BCUT2D eigenvalue weighted by Gasteiger charge is -2.40. The van der Waals surface area contributed by atoms with Gasteiger partial charge in [0.15, 0.2) is 5.82 Å². The minimum absolute atomic E-state index is 0.253. The van der Waals surface area contributed by atoms with E-state index in [-0.39, 0.29) is 11.3 Å². The lowest BCUT2D eigenvalue weighted by atomic mass is 9.84. The van der Waals surface area contributed by atoms with E-state index in [2.05, 4.69) is 21.5 Å². The molecule has 0 saturated heterocycles. The Labute approximate surface area is 104 Å². The first-order valence-electron chi connectivity index (χ1n) is 5.61. The third-order valence-electron chi connectivity index (χ3n) is 3.29. The maximum atomic E-state index is 11.5. The Morgan fingerprint density at radius 1 is 1.65 bits per heavy atom. The molecule has 1 heterocycles. The van der Waals surface area contributed by atoms with Crippen molar-refractivity contribution in [3.05, 3.63) is 16.7 Å². The number of anilines is 1. The van der Waals surface area contributed by atoms with Crippen molar-refractivity contribution in [1.29, 1.82) is 0 Å². The normalized spacial score (nSPS) is 17.3. The van der Waals surface area contributed by atoms with Gasteiger partial charge in [-0.3, -0.25) is 4.79 Å². The molecule has 0 aromatic carbocycles. The molecule has 0 bridgehead atoms. The molecule has 1 aliphatic rings. The molecule has 1 saturated carbocycles. The highest BCUT2D eigenvalue weighted by molar-refractivity contribution is 8.00. The van der Waals surface area contributed by atoms with E-state index in [0.29, 0.717) is 10.6 Å². The van der Waals surface area contributed by atoms with Crippen LogP contribution in [-0.4, -0.2) is 34.6 Å². The van der Waals surface area contributed by atoms with Crippen LogP contribution in [0.15, 0.2) is 11.1 Å². The summed E-state index contributed by atoms with van der Waals surface area (Å²) in [6.07, 6.45) is 7.23. The van der Waals surface area contributed by atoms with Crippen LogP contribution in [-0.2, 0) is 0 Å². The predicted octanol–water partition coefficient (Wildman–Crippen LogP) is 1.48. The second kappa shape index (κ2) is 5.00. The van der Waals surface area contributed by atoms with Crippen molar-refractivity contribution in [2.24, 2.45) is 0 Å². The number of hydrogen-bond donors (Lipinski definition) is 2. The van der Waals surface area contributed by atoms with Gasteiger partial charge in [-0.2, -0.15) is 11.8 Å². The molecular weight excluding hydrogens is 238 g/mol. The van der Waals surface area contributed by atoms with E-state index in [9.17, 15) is 4.79 Å². The number of methoxy groups -OCH3 is 1. The van der Waals surface area contributed by atoms with Gasteiger partial charge in [-0.05, 0) is 19.1 Å². The predicted molar refractivity (Wildman–Crippen MR) is 70.0 cm³/mol. The summed E-state index contributed by atoms with van der Waals surface area (Å²) in [4.78, 5) is 18.1. The lowest BCUT2D eigenvalue weighted by molar-refractivity contribution is 0.377. The van der Waals surface area contributed by atoms with E-state index in [1.54, 1.807) is 0 Å². The quantitative estimate of drug-likeness (QED) is 0.834. The van der Waals surface area contributed by atoms with Crippen LogP contribution in [0.1, 0.15) is 19.3 Å². The number of nitrogens with zero attached hydrogens (tertiary/aromatic N) is 1. The molecular formula is C11H17N3O2S. The number of aromatic amines is 1. The number of nitrogens with one attached hydrogen (secondary N) is 2. The lowest BCUT2D eigenvalue weighted by Crippen LogP contribution is -2.40. The van der Waals surface area contributed by atoms with Crippen LogP contribution >= 0.6 is 11.8 Å². The van der Waals surface area contributed by atoms with Gasteiger partial charge in [0.05, 0.1) is 13.4 Å². The Bertz CT molecular complexity index is 437. The van der Waals surface area contributed by atoms with Crippen molar-refractivity contribution in [2.75, 3.05) is 25.2 Å². The van der Waals surface area contributed by atoms with Crippen LogP contribution < -0.4 is 15.6 Å². The van der Waals surface area contributed by atoms with Crippen molar-refractivity contribution < 1.29 is 4.74 Å². The molecule has 5 nitrogen and oxygen atoms in total. The second-order valence-corrected chi connectivity index (χ2v) is 5.48. The third kappa shape index (κ3) is 2.41. The molecule has 1 aliphatic carbocycles. The Hall–Kier alpha value is -1.17. The van der Waals surface area contributed by atoms with Crippen LogP contribution in [0.5, 0.6) is 5.75 Å². The fourth-order valence-electron chi connectivity index (χ4n) is 1.97. The average Bonchev–Trinajstić information content (AvgIpc) is 2.28. The molecule has 1 aromatic rings.